The molecule has 0 spiro atoms. The Kier molecular flexibility index (Phi) is 8.26. The Morgan fingerprint density at radius 3 is 2.56 bits per heavy atom. The molecule has 1 aromatic carbocycles. The van der Waals surface area contributed by atoms with Gasteiger partial charge >= 0.3 is 5.97 Å². The maximum Gasteiger partial charge on any atom is 0.325 e. The zero-order valence-electron chi connectivity index (χ0n) is 18.1. The summed E-state index contributed by atoms with van der Waals surface area (Å²) in [5.41, 5.74) is 0.850. The lowest BCUT2D eigenvalue weighted by molar-refractivity contribution is -0.141. The van der Waals surface area contributed by atoms with Gasteiger partial charge in [-0.3, -0.25) is 9.59 Å². The fourth-order valence-corrected chi connectivity index (χ4v) is 4.11. The molecule has 8 nitrogen and oxygen atoms in total. The van der Waals surface area contributed by atoms with Crippen molar-refractivity contribution in [3.63, 3.8) is 0 Å². The van der Waals surface area contributed by atoms with Crippen LogP contribution in [0.15, 0.2) is 29.3 Å². The molecule has 172 valence electrons. The highest BCUT2D eigenvalue weighted by atomic mass is 32.2. The van der Waals surface area contributed by atoms with Gasteiger partial charge in [0.15, 0.2) is 11.4 Å². The fraction of sp³-hybridized carbons (Fsp3) is 0.455. The summed E-state index contributed by atoms with van der Waals surface area (Å²) in [6.45, 7) is 3.25. The monoisotopic (exact) mass is 462 g/mol. The van der Waals surface area contributed by atoms with Crippen molar-refractivity contribution in [1.29, 1.82) is 0 Å². The van der Waals surface area contributed by atoms with Gasteiger partial charge in [0.1, 0.15) is 23.2 Å². The van der Waals surface area contributed by atoms with Gasteiger partial charge in [-0.15, -0.1) is 11.8 Å². The number of halogens is 1. The van der Waals surface area contributed by atoms with E-state index in [1.54, 1.807) is 25.3 Å². The Morgan fingerprint density at radius 1 is 1.25 bits per heavy atom. The zero-order chi connectivity index (χ0) is 23.1. The number of aromatic nitrogens is 2. The molecule has 0 aliphatic carbocycles. The molecule has 2 heterocycles. The van der Waals surface area contributed by atoms with E-state index in [1.165, 1.54) is 23.9 Å². The van der Waals surface area contributed by atoms with Gasteiger partial charge in [0.05, 0.1) is 6.61 Å². The number of benzene rings is 1. The molecule has 0 atom stereocenters. The third-order valence-corrected chi connectivity index (χ3v) is 5.95. The van der Waals surface area contributed by atoms with Crippen molar-refractivity contribution in [3.05, 3.63) is 41.6 Å². The summed E-state index contributed by atoms with van der Waals surface area (Å²) in [6, 6.07) is 6.49. The summed E-state index contributed by atoms with van der Waals surface area (Å²) in [7, 11) is 0. The van der Waals surface area contributed by atoms with Crippen LogP contribution in [0.2, 0.25) is 0 Å². The molecule has 1 saturated heterocycles. The SMILES string of the molecule is CCOC(=O)CNC(=O)c1nc(CC2CCN(c3ccc(F)cc3)CC2)nc(SC)c1O. The molecule has 1 aliphatic rings. The topological polar surface area (TPSA) is 105 Å². The number of rotatable bonds is 8. The Morgan fingerprint density at radius 2 is 1.94 bits per heavy atom. The predicted molar refractivity (Wildman–Crippen MR) is 119 cm³/mol. The molecular weight excluding hydrogens is 435 g/mol. The summed E-state index contributed by atoms with van der Waals surface area (Å²) < 4.78 is 18.0. The van der Waals surface area contributed by atoms with Crippen LogP contribution in [-0.2, 0) is 16.0 Å². The average molecular weight is 463 g/mol. The maximum absolute atomic E-state index is 13.2. The fourth-order valence-electron chi connectivity index (χ4n) is 3.62. The van der Waals surface area contributed by atoms with Crippen molar-refractivity contribution < 1.29 is 23.8 Å². The van der Waals surface area contributed by atoms with Crippen LogP contribution in [0, 0.1) is 11.7 Å². The molecule has 0 saturated carbocycles. The van der Waals surface area contributed by atoms with Gasteiger partial charge in [0, 0.05) is 25.2 Å². The molecule has 0 unspecified atom stereocenters. The number of hydrogen-bond donors (Lipinski definition) is 2. The van der Waals surface area contributed by atoms with Gasteiger partial charge in [-0.2, -0.15) is 0 Å². The first kappa shape index (κ1) is 23.8. The van der Waals surface area contributed by atoms with Crippen LogP contribution in [0.4, 0.5) is 10.1 Å². The number of carbonyl (C=O) groups is 2. The van der Waals surface area contributed by atoms with Crippen LogP contribution in [0.1, 0.15) is 36.1 Å². The maximum atomic E-state index is 13.2. The number of nitrogens with zero attached hydrogens (tertiary/aromatic N) is 3. The number of anilines is 1. The van der Waals surface area contributed by atoms with Crippen LogP contribution < -0.4 is 10.2 Å². The molecule has 1 amide bonds. The molecule has 3 rings (SSSR count). The Labute approximate surface area is 190 Å². The average Bonchev–Trinajstić information content (AvgIpc) is 2.80. The summed E-state index contributed by atoms with van der Waals surface area (Å²) in [4.78, 5) is 34.9. The second kappa shape index (κ2) is 11.1. The minimum Gasteiger partial charge on any atom is -0.503 e. The predicted octanol–water partition coefficient (Wildman–Crippen LogP) is 2.80. The molecule has 1 aliphatic heterocycles. The summed E-state index contributed by atoms with van der Waals surface area (Å²) in [5, 5.41) is 13.1. The van der Waals surface area contributed by atoms with Gasteiger partial charge < -0.3 is 20.1 Å². The van der Waals surface area contributed by atoms with E-state index in [1.807, 2.05) is 0 Å². The number of amides is 1. The minimum absolute atomic E-state index is 0.146. The molecule has 2 aromatic rings. The zero-order valence-corrected chi connectivity index (χ0v) is 19.0. The number of aromatic hydroxyl groups is 1. The largest absolute Gasteiger partial charge is 0.503 e. The lowest BCUT2D eigenvalue weighted by Crippen LogP contribution is -2.34. The Hall–Kier alpha value is -2.88. The smallest absolute Gasteiger partial charge is 0.325 e. The molecule has 32 heavy (non-hydrogen) atoms. The van der Waals surface area contributed by atoms with Crippen LogP contribution in [0.3, 0.4) is 0 Å². The first-order chi connectivity index (χ1) is 15.4. The minimum atomic E-state index is -0.652. The van der Waals surface area contributed by atoms with E-state index in [9.17, 15) is 19.1 Å². The Bertz CT molecular complexity index is 950. The highest BCUT2D eigenvalue weighted by Gasteiger charge is 2.24. The van der Waals surface area contributed by atoms with E-state index in [0.717, 1.165) is 31.6 Å². The second-order valence-electron chi connectivity index (χ2n) is 7.44. The van der Waals surface area contributed by atoms with E-state index < -0.39 is 11.9 Å². The van der Waals surface area contributed by atoms with E-state index in [4.69, 9.17) is 4.74 Å². The van der Waals surface area contributed by atoms with Crippen molar-refractivity contribution in [1.82, 2.24) is 15.3 Å². The summed E-state index contributed by atoms with van der Waals surface area (Å²) in [5.74, 6) is -0.961. The molecule has 1 aromatic heterocycles. The highest BCUT2D eigenvalue weighted by Crippen LogP contribution is 2.30. The summed E-state index contributed by atoms with van der Waals surface area (Å²) in [6.07, 6.45) is 4.14. The molecule has 1 fully saturated rings. The van der Waals surface area contributed by atoms with Crippen LogP contribution >= 0.6 is 11.8 Å². The molecule has 2 N–H and O–H groups in total. The van der Waals surface area contributed by atoms with Gasteiger partial charge in [0.2, 0.25) is 0 Å². The van der Waals surface area contributed by atoms with Crippen molar-refractivity contribution in [3.8, 4) is 5.75 Å². The third kappa shape index (κ3) is 6.09. The number of nitrogens with one attached hydrogen (secondary N) is 1. The lowest BCUT2D eigenvalue weighted by atomic mass is 9.93. The van der Waals surface area contributed by atoms with Crippen molar-refractivity contribution in [2.24, 2.45) is 5.92 Å². The third-order valence-electron chi connectivity index (χ3n) is 5.28. The van der Waals surface area contributed by atoms with E-state index in [0.29, 0.717) is 23.2 Å². The van der Waals surface area contributed by atoms with Gasteiger partial charge in [-0.05, 0) is 56.2 Å². The van der Waals surface area contributed by atoms with Crippen molar-refractivity contribution in [2.45, 2.75) is 31.2 Å². The quantitative estimate of drug-likeness (QED) is 0.351. The van der Waals surface area contributed by atoms with Gasteiger partial charge in [-0.1, -0.05) is 0 Å². The number of esters is 1. The van der Waals surface area contributed by atoms with Gasteiger partial charge in [-0.25, -0.2) is 14.4 Å². The first-order valence-electron chi connectivity index (χ1n) is 10.5. The van der Waals surface area contributed by atoms with Crippen LogP contribution in [0.5, 0.6) is 5.75 Å². The van der Waals surface area contributed by atoms with E-state index >= 15 is 0 Å². The van der Waals surface area contributed by atoms with Crippen LogP contribution in [-0.4, -0.2) is 59.4 Å². The number of ether oxygens (including phenoxy) is 1. The molecule has 0 bridgehead atoms. The van der Waals surface area contributed by atoms with Crippen molar-refractivity contribution in [2.75, 3.05) is 37.4 Å². The lowest BCUT2D eigenvalue weighted by Gasteiger charge is -2.33. The van der Waals surface area contributed by atoms with Crippen molar-refractivity contribution >= 4 is 29.3 Å². The molecular formula is C22H27FN4O4S. The normalized spacial score (nSPS) is 14.3. The van der Waals surface area contributed by atoms with E-state index in [-0.39, 0.29) is 30.4 Å². The number of piperidine rings is 1. The molecule has 0 radical (unpaired) electrons. The van der Waals surface area contributed by atoms with E-state index in [2.05, 4.69) is 20.2 Å². The second-order valence-corrected chi connectivity index (χ2v) is 8.24. The molecule has 10 heteroatoms. The van der Waals surface area contributed by atoms with Gasteiger partial charge in [0.25, 0.3) is 5.91 Å². The number of hydrogen-bond acceptors (Lipinski definition) is 8. The summed E-state index contributed by atoms with van der Waals surface area (Å²) >= 11 is 1.22. The number of thioether (sulfide) groups is 1. The number of carbonyl (C=O) groups excluding carboxylic acids is 2. The first-order valence-corrected chi connectivity index (χ1v) is 11.7. The highest BCUT2D eigenvalue weighted by molar-refractivity contribution is 7.98. The van der Waals surface area contributed by atoms with Crippen LogP contribution in [0.25, 0.3) is 0 Å². The Balaban J connectivity index is 1.65. The standard InChI is InChI=1S/C22H27FN4O4S/c1-3-31-18(28)13-24-21(30)19-20(29)22(32-2)26-17(25-19)12-14-8-10-27(11-9-14)16-6-4-15(23)5-7-16/h4-7,14,29H,3,8-13H2,1-2H3,(H,24,30).